The van der Waals surface area contributed by atoms with Crippen molar-refractivity contribution in [2.24, 2.45) is 0 Å². The Morgan fingerprint density at radius 3 is 2.57 bits per heavy atom. The molecule has 0 spiro atoms. The summed E-state index contributed by atoms with van der Waals surface area (Å²) in [4.78, 5) is 28.4. The molecule has 0 atom stereocenters. The molecule has 140 valence electrons. The summed E-state index contributed by atoms with van der Waals surface area (Å²) in [5, 5.41) is 6.41. The van der Waals surface area contributed by atoms with Gasteiger partial charge in [0.15, 0.2) is 5.76 Å². The summed E-state index contributed by atoms with van der Waals surface area (Å²) in [6.07, 6.45) is 1.60. The molecule has 0 unspecified atom stereocenters. The number of rotatable bonds is 6. The van der Waals surface area contributed by atoms with E-state index < -0.39 is 0 Å². The van der Waals surface area contributed by atoms with Crippen LogP contribution in [0, 0.1) is 0 Å². The highest BCUT2D eigenvalue weighted by atomic mass is 32.1. The highest BCUT2D eigenvalue weighted by Crippen LogP contribution is 2.30. The summed E-state index contributed by atoms with van der Waals surface area (Å²) < 4.78 is 6.14. The van der Waals surface area contributed by atoms with E-state index in [1.54, 1.807) is 23.5 Å². The molecule has 4 aromatic rings. The SMILES string of the molecule is O=C(CCNC(=O)c1ccco1)Nc1ccc(-c2nc3ccccc3s2)cc1. The van der Waals surface area contributed by atoms with Crippen LogP contribution in [-0.4, -0.2) is 23.3 Å². The molecular formula is C21H17N3O3S. The summed E-state index contributed by atoms with van der Waals surface area (Å²) in [6.45, 7) is 0.231. The molecule has 2 aromatic heterocycles. The molecule has 4 rings (SSSR count). The highest BCUT2D eigenvalue weighted by molar-refractivity contribution is 7.21. The maximum Gasteiger partial charge on any atom is 0.286 e. The Morgan fingerprint density at radius 1 is 1.00 bits per heavy atom. The number of fused-ring (bicyclic) bond motifs is 1. The van der Waals surface area contributed by atoms with Gasteiger partial charge in [-0.25, -0.2) is 4.98 Å². The van der Waals surface area contributed by atoms with Gasteiger partial charge in [0.25, 0.3) is 5.91 Å². The van der Waals surface area contributed by atoms with Gasteiger partial charge in [0.2, 0.25) is 5.91 Å². The highest BCUT2D eigenvalue weighted by Gasteiger charge is 2.10. The van der Waals surface area contributed by atoms with E-state index >= 15 is 0 Å². The van der Waals surface area contributed by atoms with Crippen molar-refractivity contribution in [2.75, 3.05) is 11.9 Å². The number of carbonyl (C=O) groups is 2. The van der Waals surface area contributed by atoms with E-state index in [1.165, 1.54) is 6.26 Å². The zero-order valence-electron chi connectivity index (χ0n) is 14.8. The number of para-hydroxylation sites is 1. The largest absolute Gasteiger partial charge is 0.459 e. The normalized spacial score (nSPS) is 10.7. The van der Waals surface area contributed by atoms with Crippen LogP contribution in [0.15, 0.2) is 71.3 Å². The number of amides is 2. The second-order valence-corrected chi connectivity index (χ2v) is 7.13. The van der Waals surface area contributed by atoms with E-state index in [9.17, 15) is 9.59 Å². The first-order chi connectivity index (χ1) is 13.7. The second-order valence-electron chi connectivity index (χ2n) is 6.10. The predicted molar refractivity (Wildman–Crippen MR) is 109 cm³/mol. The average molecular weight is 391 g/mol. The van der Waals surface area contributed by atoms with Crippen LogP contribution in [0.2, 0.25) is 0 Å². The standard InChI is InChI=1S/C21H17N3O3S/c25-19(11-12-22-20(26)17-5-3-13-27-17)23-15-9-7-14(8-10-15)21-24-16-4-1-2-6-18(16)28-21/h1-10,13H,11-12H2,(H,22,26)(H,23,25). The monoisotopic (exact) mass is 391 g/mol. The average Bonchev–Trinajstić information content (AvgIpc) is 3.38. The maximum atomic E-state index is 12.1. The Balaban J connectivity index is 1.31. The van der Waals surface area contributed by atoms with Crippen molar-refractivity contribution in [3.05, 3.63) is 72.7 Å². The minimum Gasteiger partial charge on any atom is -0.459 e. The van der Waals surface area contributed by atoms with Crippen LogP contribution in [0.1, 0.15) is 17.0 Å². The number of furan rings is 1. The number of nitrogens with zero attached hydrogens (tertiary/aromatic N) is 1. The Morgan fingerprint density at radius 2 is 1.82 bits per heavy atom. The number of anilines is 1. The van der Waals surface area contributed by atoms with Crippen molar-refractivity contribution >= 4 is 39.1 Å². The lowest BCUT2D eigenvalue weighted by Crippen LogP contribution is -2.27. The van der Waals surface area contributed by atoms with E-state index in [-0.39, 0.29) is 30.5 Å². The molecule has 0 saturated carbocycles. The molecule has 0 aliphatic rings. The number of benzene rings is 2. The van der Waals surface area contributed by atoms with E-state index in [0.29, 0.717) is 5.69 Å². The molecule has 0 saturated heterocycles. The Hall–Kier alpha value is -3.45. The quantitative estimate of drug-likeness (QED) is 0.513. The van der Waals surface area contributed by atoms with Crippen molar-refractivity contribution in [3.63, 3.8) is 0 Å². The topological polar surface area (TPSA) is 84.2 Å². The van der Waals surface area contributed by atoms with Gasteiger partial charge in [0.05, 0.1) is 16.5 Å². The molecule has 2 aromatic carbocycles. The predicted octanol–water partition coefficient (Wildman–Crippen LogP) is 4.31. The van der Waals surface area contributed by atoms with Crippen LogP contribution in [0.25, 0.3) is 20.8 Å². The lowest BCUT2D eigenvalue weighted by Gasteiger charge is -2.06. The number of thiazole rings is 1. The summed E-state index contributed by atoms with van der Waals surface area (Å²) >= 11 is 1.64. The number of hydrogen-bond donors (Lipinski definition) is 2. The fourth-order valence-electron chi connectivity index (χ4n) is 2.70. The Labute approximate surface area is 165 Å². The molecule has 2 N–H and O–H groups in total. The number of aromatic nitrogens is 1. The third-order valence-corrected chi connectivity index (χ3v) is 5.18. The fraction of sp³-hybridized carbons (Fsp3) is 0.0952. The number of nitrogens with one attached hydrogen (secondary N) is 2. The summed E-state index contributed by atoms with van der Waals surface area (Å²) in [5.74, 6) is -0.281. The van der Waals surface area contributed by atoms with Gasteiger partial charge in [-0.3, -0.25) is 9.59 Å². The van der Waals surface area contributed by atoms with Gasteiger partial charge in [-0.1, -0.05) is 12.1 Å². The fourth-order valence-corrected chi connectivity index (χ4v) is 3.67. The molecular weight excluding hydrogens is 374 g/mol. The number of hydrogen-bond acceptors (Lipinski definition) is 5. The molecule has 0 aliphatic heterocycles. The molecule has 2 heterocycles. The first-order valence-electron chi connectivity index (χ1n) is 8.76. The van der Waals surface area contributed by atoms with Crippen molar-refractivity contribution in [1.29, 1.82) is 0 Å². The van der Waals surface area contributed by atoms with Crippen LogP contribution in [-0.2, 0) is 4.79 Å². The summed E-state index contributed by atoms with van der Waals surface area (Å²) in [7, 11) is 0. The third kappa shape index (κ3) is 4.10. The molecule has 2 amide bonds. The van der Waals surface area contributed by atoms with E-state index in [4.69, 9.17) is 4.42 Å². The van der Waals surface area contributed by atoms with Gasteiger partial charge in [-0.15, -0.1) is 11.3 Å². The summed E-state index contributed by atoms with van der Waals surface area (Å²) in [5.41, 5.74) is 2.69. The van der Waals surface area contributed by atoms with Crippen LogP contribution < -0.4 is 10.6 Å². The van der Waals surface area contributed by atoms with Gasteiger partial charge in [-0.05, 0) is 48.5 Å². The van der Waals surface area contributed by atoms with Gasteiger partial charge in [-0.2, -0.15) is 0 Å². The molecule has 0 radical (unpaired) electrons. The van der Waals surface area contributed by atoms with Crippen LogP contribution in [0.3, 0.4) is 0 Å². The zero-order valence-corrected chi connectivity index (χ0v) is 15.7. The lowest BCUT2D eigenvalue weighted by molar-refractivity contribution is -0.116. The number of carbonyl (C=O) groups excluding carboxylic acids is 2. The molecule has 6 nitrogen and oxygen atoms in total. The first kappa shape index (κ1) is 17.9. The smallest absolute Gasteiger partial charge is 0.286 e. The maximum absolute atomic E-state index is 12.1. The van der Waals surface area contributed by atoms with E-state index in [1.807, 2.05) is 42.5 Å². The molecule has 28 heavy (non-hydrogen) atoms. The minimum atomic E-state index is -0.335. The first-order valence-corrected chi connectivity index (χ1v) is 9.58. The van der Waals surface area contributed by atoms with Gasteiger partial charge in [0, 0.05) is 24.2 Å². The van der Waals surface area contributed by atoms with Crippen molar-refractivity contribution in [3.8, 4) is 10.6 Å². The van der Waals surface area contributed by atoms with Gasteiger partial charge >= 0.3 is 0 Å². The minimum absolute atomic E-state index is 0.173. The molecule has 0 bridgehead atoms. The van der Waals surface area contributed by atoms with E-state index in [2.05, 4.69) is 21.7 Å². The third-order valence-electron chi connectivity index (χ3n) is 4.09. The van der Waals surface area contributed by atoms with Crippen LogP contribution in [0.4, 0.5) is 5.69 Å². The van der Waals surface area contributed by atoms with Crippen molar-refractivity contribution in [1.82, 2.24) is 10.3 Å². The van der Waals surface area contributed by atoms with E-state index in [0.717, 1.165) is 20.8 Å². The van der Waals surface area contributed by atoms with Crippen molar-refractivity contribution in [2.45, 2.75) is 6.42 Å². The zero-order chi connectivity index (χ0) is 19.3. The molecule has 0 aliphatic carbocycles. The van der Waals surface area contributed by atoms with Crippen LogP contribution in [0.5, 0.6) is 0 Å². The molecule has 0 fully saturated rings. The molecule has 7 heteroatoms. The van der Waals surface area contributed by atoms with Crippen molar-refractivity contribution < 1.29 is 14.0 Å². The van der Waals surface area contributed by atoms with Gasteiger partial charge < -0.3 is 15.1 Å². The second kappa shape index (κ2) is 8.06. The lowest BCUT2D eigenvalue weighted by atomic mass is 10.2. The Kier molecular flexibility index (Phi) is 5.16. The van der Waals surface area contributed by atoms with Crippen LogP contribution >= 0.6 is 11.3 Å². The van der Waals surface area contributed by atoms with Gasteiger partial charge in [0.1, 0.15) is 5.01 Å². The summed E-state index contributed by atoms with van der Waals surface area (Å²) in [6, 6.07) is 18.8. The Bertz CT molecular complexity index is 1070.